The van der Waals surface area contributed by atoms with Crippen LogP contribution in [0.4, 0.5) is 18.9 Å². The van der Waals surface area contributed by atoms with Crippen LogP contribution in [0.25, 0.3) is 0 Å². The van der Waals surface area contributed by atoms with Crippen molar-refractivity contribution in [2.45, 2.75) is 43.7 Å². The van der Waals surface area contributed by atoms with Gasteiger partial charge in [-0.05, 0) is 67.0 Å². The van der Waals surface area contributed by atoms with E-state index >= 15 is 0 Å². The van der Waals surface area contributed by atoms with Crippen LogP contribution < -0.4 is 9.64 Å². The highest BCUT2D eigenvalue weighted by Gasteiger charge is 2.42. The van der Waals surface area contributed by atoms with E-state index in [4.69, 9.17) is 4.74 Å². The Hall–Kier alpha value is -3.80. The number of carboxylic acid groups (broad SMARTS) is 1. The van der Waals surface area contributed by atoms with Crippen molar-refractivity contribution in [3.05, 3.63) is 59.2 Å². The van der Waals surface area contributed by atoms with Gasteiger partial charge in [0.2, 0.25) is 11.8 Å². The number of rotatable bonds is 8. The highest BCUT2D eigenvalue weighted by molar-refractivity contribution is 5.82. The van der Waals surface area contributed by atoms with Gasteiger partial charge in [-0.15, -0.1) is 0 Å². The molecule has 12 heteroatoms. The number of piperidine rings is 2. The van der Waals surface area contributed by atoms with E-state index in [2.05, 4.69) is 0 Å². The minimum absolute atomic E-state index is 0.0260. The Morgan fingerprint density at radius 3 is 2.15 bits per heavy atom. The maximum Gasteiger partial charge on any atom is 0.416 e. The smallest absolute Gasteiger partial charge is 0.416 e. The third-order valence-electron chi connectivity index (χ3n) is 9.90. The van der Waals surface area contributed by atoms with Gasteiger partial charge in [0.05, 0.1) is 31.1 Å². The average Bonchev–Trinajstić information content (AvgIpc) is 3.47. The molecule has 2 aromatic carbocycles. The molecule has 0 bridgehead atoms. The maximum absolute atomic E-state index is 14.1. The standard InChI is InChI=1S/C34H43F3N4O5/c1-38(2)31(42)21-39-19-28(22-4-7-26(46-3)8-5-22)29(20-39)32(43)41-16-10-23(11-17-41)27-9-6-25(34(35,36)37)18-30(27)40-14-12-24(13-15-40)33(44)45/h4-9,18,23-24,28-29H,10-17,19-21H2,1-3H3,(H,44,45)/t28-,29+/m0/s1. The summed E-state index contributed by atoms with van der Waals surface area (Å²) in [5, 5.41) is 9.41. The Balaban J connectivity index is 1.31. The third-order valence-corrected chi connectivity index (χ3v) is 9.90. The number of halogens is 3. The lowest BCUT2D eigenvalue weighted by Gasteiger charge is -2.38. The molecule has 3 heterocycles. The number of alkyl halides is 3. The Morgan fingerprint density at radius 1 is 0.935 bits per heavy atom. The van der Waals surface area contributed by atoms with E-state index in [9.17, 15) is 32.7 Å². The fraction of sp³-hybridized carbons (Fsp3) is 0.559. The summed E-state index contributed by atoms with van der Waals surface area (Å²) >= 11 is 0. The number of anilines is 1. The average molecular weight is 645 g/mol. The van der Waals surface area contributed by atoms with Gasteiger partial charge in [-0.3, -0.25) is 19.3 Å². The van der Waals surface area contributed by atoms with E-state index < -0.39 is 23.6 Å². The predicted molar refractivity (Wildman–Crippen MR) is 167 cm³/mol. The number of likely N-dealkylation sites (N-methyl/N-ethyl adjacent to an activating group) is 1. The van der Waals surface area contributed by atoms with Crippen molar-refractivity contribution in [1.82, 2.24) is 14.7 Å². The van der Waals surface area contributed by atoms with Crippen molar-refractivity contribution >= 4 is 23.5 Å². The minimum atomic E-state index is -4.49. The largest absolute Gasteiger partial charge is 0.497 e. The quantitative estimate of drug-likeness (QED) is 0.452. The monoisotopic (exact) mass is 644 g/mol. The topological polar surface area (TPSA) is 93.6 Å². The number of carbonyl (C=O) groups is 3. The second-order valence-electron chi connectivity index (χ2n) is 12.9. The molecule has 3 aliphatic rings. The molecule has 5 rings (SSSR count). The summed E-state index contributed by atoms with van der Waals surface area (Å²) in [5.74, 6) is -1.10. The van der Waals surface area contributed by atoms with Gasteiger partial charge < -0.3 is 24.5 Å². The van der Waals surface area contributed by atoms with Crippen LogP contribution in [-0.4, -0.2) is 105 Å². The molecule has 0 radical (unpaired) electrons. The van der Waals surface area contributed by atoms with Crippen LogP contribution >= 0.6 is 0 Å². The summed E-state index contributed by atoms with van der Waals surface area (Å²) < 4.78 is 46.5. The van der Waals surface area contributed by atoms with Crippen molar-refractivity contribution in [3.63, 3.8) is 0 Å². The van der Waals surface area contributed by atoms with E-state index in [1.165, 1.54) is 6.07 Å². The Bertz CT molecular complexity index is 1400. The fourth-order valence-electron chi connectivity index (χ4n) is 7.14. The van der Waals surface area contributed by atoms with Crippen LogP contribution in [0.3, 0.4) is 0 Å². The van der Waals surface area contributed by atoms with Crippen LogP contribution in [0.5, 0.6) is 5.75 Å². The van der Waals surface area contributed by atoms with Crippen LogP contribution in [0.1, 0.15) is 54.2 Å². The van der Waals surface area contributed by atoms with Crippen molar-refractivity contribution in [2.24, 2.45) is 11.8 Å². The van der Waals surface area contributed by atoms with Crippen molar-refractivity contribution in [3.8, 4) is 5.75 Å². The summed E-state index contributed by atoms with van der Waals surface area (Å²) in [7, 11) is 5.03. The Morgan fingerprint density at radius 2 is 1.59 bits per heavy atom. The van der Waals surface area contributed by atoms with E-state index in [0.717, 1.165) is 22.9 Å². The molecule has 3 aliphatic heterocycles. The first kappa shape index (κ1) is 33.6. The molecular weight excluding hydrogens is 601 g/mol. The summed E-state index contributed by atoms with van der Waals surface area (Å²) in [4.78, 5) is 45.4. The van der Waals surface area contributed by atoms with Gasteiger partial charge in [0.15, 0.2) is 0 Å². The van der Waals surface area contributed by atoms with Gasteiger partial charge in [-0.2, -0.15) is 13.2 Å². The SMILES string of the molecule is COc1ccc([C@@H]2CN(CC(=O)N(C)C)C[C@H]2C(=O)N2CCC(c3ccc(C(F)(F)F)cc3N3CCC(C(=O)O)CC3)CC2)cc1. The van der Waals surface area contributed by atoms with Gasteiger partial charge in [0.1, 0.15) is 5.75 Å². The molecule has 46 heavy (non-hydrogen) atoms. The van der Waals surface area contributed by atoms with E-state index in [1.54, 1.807) is 32.2 Å². The van der Waals surface area contributed by atoms with Crippen LogP contribution in [0, 0.1) is 11.8 Å². The number of amides is 2. The van der Waals surface area contributed by atoms with Crippen molar-refractivity contribution in [2.75, 3.05) is 71.9 Å². The molecule has 0 aliphatic carbocycles. The first-order valence-corrected chi connectivity index (χ1v) is 15.9. The number of aliphatic carboxylic acids is 1. The molecule has 2 aromatic rings. The highest BCUT2D eigenvalue weighted by Crippen LogP contribution is 2.41. The zero-order chi connectivity index (χ0) is 33.2. The number of likely N-dealkylation sites (tertiary alicyclic amines) is 2. The molecule has 250 valence electrons. The molecule has 0 spiro atoms. The lowest BCUT2D eigenvalue weighted by atomic mass is 9.84. The second-order valence-corrected chi connectivity index (χ2v) is 12.9. The number of methoxy groups -OCH3 is 1. The van der Waals surface area contributed by atoms with Gasteiger partial charge >= 0.3 is 12.1 Å². The van der Waals surface area contributed by atoms with Crippen LogP contribution in [-0.2, 0) is 20.6 Å². The molecule has 3 saturated heterocycles. The molecule has 9 nitrogen and oxygen atoms in total. The molecule has 3 fully saturated rings. The Kier molecular flexibility index (Phi) is 10.1. The number of benzene rings is 2. The summed E-state index contributed by atoms with van der Waals surface area (Å²) in [6.45, 7) is 2.98. The number of ether oxygens (including phenoxy) is 1. The number of nitrogens with zero attached hydrogens (tertiary/aromatic N) is 4. The minimum Gasteiger partial charge on any atom is -0.497 e. The van der Waals surface area contributed by atoms with Crippen molar-refractivity contribution in [1.29, 1.82) is 0 Å². The van der Waals surface area contributed by atoms with E-state index in [-0.39, 0.29) is 36.1 Å². The molecule has 2 atom stereocenters. The number of carboxylic acids is 1. The molecule has 0 unspecified atom stereocenters. The second kappa shape index (κ2) is 13.9. The third kappa shape index (κ3) is 7.43. The zero-order valence-electron chi connectivity index (χ0n) is 26.6. The van der Waals surface area contributed by atoms with Crippen LogP contribution in [0.15, 0.2) is 42.5 Å². The van der Waals surface area contributed by atoms with Crippen LogP contribution in [0.2, 0.25) is 0 Å². The summed E-state index contributed by atoms with van der Waals surface area (Å²) in [5.41, 5.74) is 1.62. The molecule has 0 saturated carbocycles. The molecule has 1 N–H and O–H groups in total. The highest BCUT2D eigenvalue weighted by atomic mass is 19.4. The maximum atomic E-state index is 14.1. The first-order valence-electron chi connectivity index (χ1n) is 15.9. The van der Waals surface area contributed by atoms with Gasteiger partial charge in [0, 0.05) is 65.0 Å². The lowest BCUT2D eigenvalue weighted by Crippen LogP contribution is -2.44. The van der Waals surface area contributed by atoms with Gasteiger partial charge in [-0.25, -0.2) is 0 Å². The first-order chi connectivity index (χ1) is 21.8. The normalized spacial score (nSPS) is 21.8. The van der Waals surface area contributed by atoms with Gasteiger partial charge in [0.25, 0.3) is 0 Å². The van der Waals surface area contributed by atoms with Crippen molar-refractivity contribution < 1.29 is 37.4 Å². The number of carbonyl (C=O) groups excluding carboxylic acids is 2. The lowest BCUT2D eigenvalue weighted by molar-refractivity contribution is -0.142. The number of hydrogen-bond donors (Lipinski definition) is 1. The van der Waals surface area contributed by atoms with E-state index in [1.807, 2.05) is 39.0 Å². The summed E-state index contributed by atoms with van der Waals surface area (Å²) in [6.07, 6.45) is -2.51. The van der Waals surface area contributed by atoms with Gasteiger partial charge in [-0.1, -0.05) is 18.2 Å². The molecule has 0 aromatic heterocycles. The summed E-state index contributed by atoms with van der Waals surface area (Å²) in [6, 6.07) is 11.6. The fourth-order valence-corrected chi connectivity index (χ4v) is 7.14. The number of hydrogen-bond acceptors (Lipinski definition) is 6. The Labute approximate surface area is 267 Å². The molecule has 2 amide bonds. The predicted octanol–water partition coefficient (Wildman–Crippen LogP) is 4.52. The molecular formula is C34H43F3N4O5. The zero-order valence-corrected chi connectivity index (χ0v) is 26.6. The van der Waals surface area contributed by atoms with E-state index in [0.29, 0.717) is 70.6 Å².